The van der Waals surface area contributed by atoms with Gasteiger partial charge in [0.15, 0.2) is 5.43 Å². The van der Waals surface area contributed by atoms with Gasteiger partial charge in [-0.05, 0) is 30.3 Å². The number of ether oxygens (including phenoxy) is 12. The van der Waals surface area contributed by atoms with Gasteiger partial charge >= 0.3 is 0 Å². The molecular formula is C37H56O14S. The Bertz CT molecular complexity index is 1340. The molecule has 3 aromatic rings. The van der Waals surface area contributed by atoms with Gasteiger partial charge in [0.25, 0.3) is 0 Å². The SMILES string of the molecule is O=c1c2ccccc2sc2ccc(OCCOCCOCCOCCOCCOCCOCCOCCOCCOCCOCCOCCO)cc12. The molecule has 52 heavy (non-hydrogen) atoms. The molecule has 1 heterocycles. The number of rotatable bonds is 36. The highest BCUT2D eigenvalue weighted by molar-refractivity contribution is 7.24. The molecule has 2 aromatic carbocycles. The Morgan fingerprint density at radius 2 is 0.750 bits per heavy atom. The first-order chi connectivity index (χ1) is 25.8. The summed E-state index contributed by atoms with van der Waals surface area (Å²) >= 11 is 1.60. The molecule has 0 bridgehead atoms. The minimum atomic E-state index is 0.0210. The Hall–Kier alpha value is -2.35. The van der Waals surface area contributed by atoms with E-state index >= 15 is 0 Å². The second-order valence-electron chi connectivity index (χ2n) is 10.9. The maximum Gasteiger partial charge on any atom is 0.196 e. The molecule has 15 heteroatoms. The van der Waals surface area contributed by atoms with E-state index in [-0.39, 0.29) is 12.0 Å². The molecule has 0 fully saturated rings. The Balaban J connectivity index is 0.962. The van der Waals surface area contributed by atoms with Crippen LogP contribution in [-0.4, -0.2) is 164 Å². The molecule has 1 aromatic heterocycles. The van der Waals surface area contributed by atoms with Gasteiger partial charge in [0.1, 0.15) is 12.4 Å². The van der Waals surface area contributed by atoms with E-state index in [2.05, 4.69) is 0 Å². The monoisotopic (exact) mass is 756 g/mol. The van der Waals surface area contributed by atoms with E-state index in [0.717, 1.165) is 14.8 Å². The number of aliphatic hydroxyl groups is 1. The maximum absolute atomic E-state index is 12.8. The maximum atomic E-state index is 12.8. The Labute approximate surface area is 310 Å². The molecular weight excluding hydrogens is 700 g/mol. The van der Waals surface area contributed by atoms with Crippen LogP contribution in [0.3, 0.4) is 0 Å². The number of hydrogen-bond donors (Lipinski definition) is 1. The molecule has 0 saturated heterocycles. The number of benzene rings is 2. The van der Waals surface area contributed by atoms with E-state index in [0.29, 0.717) is 163 Å². The van der Waals surface area contributed by atoms with Crippen molar-refractivity contribution in [3.05, 3.63) is 52.7 Å². The van der Waals surface area contributed by atoms with E-state index in [1.807, 2.05) is 36.4 Å². The van der Waals surface area contributed by atoms with Crippen molar-refractivity contribution in [3.8, 4) is 5.75 Å². The van der Waals surface area contributed by atoms with Crippen LogP contribution >= 0.6 is 11.3 Å². The average molecular weight is 757 g/mol. The minimum Gasteiger partial charge on any atom is -0.491 e. The molecule has 0 saturated carbocycles. The van der Waals surface area contributed by atoms with Crippen LogP contribution in [-0.2, 0) is 52.1 Å². The second kappa shape index (κ2) is 31.0. The minimum absolute atomic E-state index is 0.0210. The topological polar surface area (TPSA) is 148 Å². The number of aliphatic hydroxyl groups excluding tert-OH is 1. The van der Waals surface area contributed by atoms with Gasteiger partial charge in [0, 0.05) is 20.2 Å². The first-order valence-corrected chi connectivity index (χ1v) is 18.7. The predicted molar refractivity (Wildman–Crippen MR) is 197 cm³/mol. The molecule has 1 N–H and O–H groups in total. The smallest absolute Gasteiger partial charge is 0.196 e. The lowest BCUT2D eigenvalue weighted by Crippen LogP contribution is -2.15. The van der Waals surface area contributed by atoms with Crippen molar-refractivity contribution in [2.24, 2.45) is 0 Å². The molecule has 0 aliphatic rings. The zero-order valence-corrected chi connectivity index (χ0v) is 31.0. The van der Waals surface area contributed by atoms with Crippen LogP contribution in [0.4, 0.5) is 0 Å². The van der Waals surface area contributed by atoms with Crippen molar-refractivity contribution in [3.63, 3.8) is 0 Å². The van der Waals surface area contributed by atoms with E-state index in [1.165, 1.54) is 0 Å². The summed E-state index contributed by atoms with van der Waals surface area (Å²) in [5, 5.41) is 9.99. The normalized spacial score (nSPS) is 11.6. The zero-order valence-electron chi connectivity index (χ0n) is 30.2. The fraction of sp³-hybridized carbons (Fsp3) is 0.649. The molecule has 0 aliphatic carbocycles. The first-order valence-electron chi connectivity index (χ1n) is 17.8. The molecule has 294 valence electrons. The third-order valence-electron chi connectivity index (χ3n) is 7.00. The van der Waals surface area contributed by atoms with Crippen LogP contribution in [0.2, 0.25) is 0 Å². The highest BCUT2D eigenvalue weighted by Gasteiger charge is 2.07. The summed E-state index contributed by atoms with van der Waals surface area (Å²) in [5.41, 5.74) is 0.0259. The average Bonchev–Trinajstić information content (AvgIpc) is 3.16. The van der Waals surface area contributed by atoms with Crippen molar-refractivity contribution in [2.75, 3.05) is 159 Å². The fourth-order valence-corrected chi connectivity index (χ4v) is 5.51. The third-order valence-corrected chi connectivity index (χ3v) is 8.15. The summed E-state index contributed by atoms with van der Waals surface area (Å²) in [7, 11) is 0. The van der Waals surface area contributed by atoms with E-state index < -0.39 is 0 Å². The molecule has 3 rings (SSSR count). The van der Waals surface area contributed by atoms with Crippen molar-refractivity contribution < 1.29 is 61.9 Å². The highest BCUT2D eigenvalue weighted by Crippen LogP contribution is 2.27. The van der Waals surface area contributed by atoms with Gasteiger partial charge in [-0.2, -0.15) is 0 Å². The number of fused-ring (bicyclic) bond motifs is 2. The van der Waals surface area contributed by atoms with Crippen molar-refractivity contribution in [1.82, 2.24) is 0 Å². The van der Waals surface area contributed by atoms with Gasteiger partial charge in [0.05, 0.1) is 152 Å². The van der Waals surface area contributed by atoms with Gasteiger partial charge in [-0.3, -0.25) is 4.79 Å². The summed E-state index contributed by atoms with van der Waals surface area (Å²) in [4.78, 5) is 12.8. The Kier molecular flexibility index (Phi) is 26.3. The largest absolute Gasteiger partial charge is 0.491 e. The molecule has 14 nitrogen and oxygen atoms in total. The van der Waals surface area contributed by atoms with Crippen LogP contribution in [0.15, 0.2) is 47.3 Å². The molecule has 0 radical (unpaired) electrons. The van der Waals surface area contributed by atoms with Gasteiger partial charge in [0.2, 0.25) is 0 Å². The Morgan fingerprint density at radius 1 is 0.404 bits per heavy atom. The molecule has 0 amide bonds. The quantitative estimate of drug-likeness (QED) is 0.0685. The summed E-state index contributed by atoms with van der Waals surface area (Å²) in [6, 6.07) is 13.3. The standard InChI is InChI=1S/C37H56O14S/c38-7-8-40-9-10-41-11-12-42-13-14-43-15-16-44-17-18-45-19-20-46-21-22-47-23-24-48-25-26-49-27-28-50-29-30-51-32-5-6-36-34(31-32)37(39)33-3-1-2-4-35(33)52-36/h1-6,31,38H,7-30H2. The lowest BCUT2D eigenvalue weighted by Gasteiger charge is -2.09. The Morgan fingerprint density at radius 3 is 1.15 bits per heavy atom. The fourth-order valence-electron chi connectivity index (χ4n) is 4.46. The summed E-state index contributed by atoms with van der Waals surface area (Å²) < 4.78 is 67.5. The molecule has 0 aliphatic heterocycles. The molecule has 0 spiro atoms. The van der Waals surface area contributed by atoms with Gasteiger partial charge in [-0.1, -0.05) is 12.1 Å². The van der Waals surface area contributed by atoms with Gasteiger partial charge in [-0.25, -0.2) is 0 Å². The predicted octanol–water partition coefficient (Wildman–Crippen LogP) is 2.97. The highest BCUT2D eigenvalue weighted by atomic mass is 32.1. The van der Waals surface area contributed by atoms with Crippen LogP contribution in [0, 0.1) is 0 Å². The second-order valence-corrected chi connectivity index (χ2v) is 12.0. The van der Waals surface area contributed by atoms with E-state index in [1.54, 1.807) is 17.4 Å². The van der Waals surface area contributed by atoms with Crippen LogP contribution < -0.4 is 10.2 Å². The van der Waals surface area contributed by atoms with Crippen LogP contribution in [0.1, 0.15) is 0 Å². The molecule has 0 unspecified atom stereocenters. The molecule has 0 atom stereocenters. The third kappa shape index (κ3) is 20.8. The van der Waals surface area contributed by atoms with Crippen LogP contribution in [0.5, 0.6) is 5.75 Å². The lowest BCUT2D eigenvalue weighted by molar-refractivity contribution is -0.0280. The summed E-state index contributed by atoms with van der Waals surface area (Å²) in [5.74, 6) is 0.652. The van der Waals surface area contributed by atoms with Gasteiger partial charge < -0.3 is 61.9 Å². The van der Waals surface area contributed by atoms with E-state index in [9.17, 15) is 4.79 Å². The summed E-state index contributed by atoms with van der Waals surface area (Å²) in [6.07, 6.45) is 0. The zero-order chi connectivity index (χ0) is 36.6. The van der Waals surface area contributed by atoms with Crippen molar-refractivity contribution >= 4 is 31.5 Å². The van der Waals surface area contributed by atoms with Crippen LogP contribution in [0.25, 0.3) is 20.2 Å². The number of hydrogen-bond acceptors (Lipinski definition) is 15. The summed E-state index contributed by atoms with van der Waals surface area (Å²) in [6.45, 7) is 10.9. The van der Waals surface area contributed by atoms with E-state index in [4.69, 9.17) is 61.9 Å². The first kappa shape index (κ1) is 44.0. The van der Waals surface area contributed by atoms with Crippen molar-refractivity contribution in [2.45, 2.75) is 0 Å². The van der Waals surface area contributed by atoms with Crippen molar-refractivity contribution in [1.29, 1.82) is 0 Å². The lowest BCUT2D eigenvalue weighted by atomic mass is 10.2. The van der Waals surface area contributed by atoms with Gasteiger partial charge in [-0.15, -0.1) is 11.3 Å².